The van der Waals surface area contributed by atoms with E-state index in [1.807, 2.05) is 0 Å². The first-order chi connectivity index (χ1) is 8.31. The zero-order chi connectivity index (χ0) is 12.1. The van der Waals surface area contributed by atoms with Crippen LogP contribution in [0, 0.1) is 0 Å². The molecule has 0 unspecified atom stereocenters. The quantitative estimate of drug-likeness (QED) is 0.586. The molecule has 0 atom stereocenters. The summed E-state index contributed by atoms with van der Waals surface area (Å²) in [6, 6.07) is 0. The highest BCUT2D eigenvalue weighted by Gasteiger charge is 2.14. The summed E-state index contributed by atoms with van der Waals surface area (Å²) < 4.78 is 2.17. The summed E-state index contributed by atoms with van der Waals surface area (Å²) in [5.41, 5.74) is 5.73. The molecule has 1 aliphatic heterocycles. The van der Waals surface area contributed by atoms with Gasteiger partial charge in [0, 0.05) is 19.5 Å². The number of fused-ring (bicyclic) bond motifs is 1. The van der Waals surface area contributed by atoms with Gasteiger partial charge in [-0.3, -0.25) is 0 Å². The third-order valence-electron chi connectivity index (χ3n) is 2.88. The highest BCUT2D eigenvalue weighted by molar-refractivity contribution is 5.77. The summed E-state index contributed by atoms with van der Waals surface area (Å²) in [6.07, 6.45) is 4.48. The van der Waals surface area contributed by atoms with E-state index in [-0.39, 0.29) is 0 Å². The van der Waals surface area contributed by atoms with Crippen LogP contribution in [0.3, 0.4) is 0 Å². The van der Waals surface area contributed by atoms with Gasteiger partial charge in [-0.1, -0.05) is 6.92 Å². The number of nitrogens with two attached hydrogens (primary N) is 1. The van der Waals surface area contributed by atoms with Crippen molar-refractivity contribution < 1.29 is 0 Å². The maximum absolute atomic E-state index is 5.73. The summed E-state index contributed by atoms with van der Waals surface area (Å²) in [5.74, 6) is 2.49. The van der Waals surface area contributed by atoms with Crippen LogP contribution in [0.5, 0.6) is 0 Å². The van der Waals surface area contributed by atoms with Gasteiger partial charge in [0.2, 0.25) is 0 Å². The number of hydrogen-bond acceptors (Lipinski definition) is 3. The van der Waals surface area contributed by atoms with Crippen molar-refractivity contribution in [1.29, 1.82) is 0 Å². The second-order valence-electron chi connectivity index (χ2n) is 4.27. The minimum absolute atomic E-state index is 0.486. The van der Waals surface area contributed by atoms with E-state index in [0.29, 0.717) is 12.5 Å². The van der Waals surface area contributed by atoms with Gasteiger partial charge < -0.3 is 15.6 Å². The number of hydrogen-bond donors (Lipinski definition) is 2. The first-order valence-electron chi connectivity index (χ1n) is 6.26. The fourth-order valence-corrected chi connectivity index (χ4v) is 1.95. The maximum atomic E-state index is 5.73. The van der Waals surface area contributed by atoms with Crippen LogP contribution < -0.4 is 11.1 Å². The largest absolute Gasteiger partial charge is 0.370 e. The molecule has 2 rings (SSSR count). The minimum Gasteiger partial charge on any atom is -0.370 e. The van der Waals surface area contributed by atoms with Gasteiger partial charge in [-0.05, 0) is 19.3 Å². The zero-order valence-electron chi connectivity index (χ0n) is 10.3. The second-order valence-corrected chi connectivity index (χ2v) is 4.27. The minimum atomic E-state index is 0.486. The molecule has 0 fully saturated rings. The van der Waals surface area contributed by atoms with E-state index in [0.717, 1.165) is 37.6 Å². The van der Waals surface area contributed by atoms with Crippen LogP contribution in [0.2, 0.25) is 0 Å². The molecule has 0 aliphatic carbocycles. The van der Waals surface area contributed by atoms with Crippen LogP contribution in [-0.2, 0) is 19.5 Å². The molecule has 0 saturated heterocycles. The van der Waals surface area contributed by atoms with Crippen molar-refractivity contribution in [3.63, 3.8) is 0 Å². The predicted octanol–water partition coefficient (Wildman–Crippen LogP) is 0.429. The Hall–Kier alpha value is -1.59. The fraction of sp³-hybridized carbons (Fsp3) is 0.727. The molecule has 0 radical (unpaired) electrons. The zero-order valence-corrected chi connectivity index (χ0v) is 10.3. The normalized spacial score (nSPS) is 15.7. The number of aliphatic imine (C=N–C) groups is 1. The van der Waals surface area contributed by atoms with Gasteiger partial charge in [-0.15, -0.1) is 10.2 Å². The fourth-order valence-electron chi connectivity index (χ4n) is 1.95. The molecule has 3 N–H and O–H groups in total. The van der Waals surface area contributed by atoms with Gasteiger partial charge in [0.25, 0.3) is 0 Å². The van der Waals surface area contributed by atoms with Crippen molar-refractivity contribution in [2.45, 2.75) is 45.7 Å². The number of nitrogens with one attached hydrogen (secondary N) is 1. The van der Waals surface area contributed by atoms with Crippen molar-refractivity contribution in [2.24, 2.45) is 10.7 Å². The molecule has 0 aromatic carbocycles. The lowest BCUT2D eigenvalue weighted by atomic mass is 10.2. The Morgan fingerprint density at radius 2 is 2.35 bits per heavy atom. The Labute approximate surface area is 101 Å². The molecule has 6 heteroatoms. The predicted molar refractivity (Wildman–Crippen MR) is 66.6 cm³/mol. The Bertz CT molecular complexity index is 395. The number of aryl methyl sites for hydroxylation is 1. The van der Waals surface area contributed by atoms with Crippen LogP contribution >= 0.6 is 0 Å². The molecule has 2 heterocycles. The highest BCUT2D eigenvalue weighted by Crippen LogP contribution is 2.14. The standard InChI is InChI=1S/C11H20N6/c1-2-6-13-11(12)14-8-10-16-15-9-5-3-4-7-17(9)10/h2-8H2,1H3,(H3,12,13,14). The molecular formula is C11H20N6. The molecule has 1 aromatic rings. The van der Waals surface area contributed by atoms with Crippen molar-refractivity contribution in [3.8, 4) is 0 Å². The summed E-state index contributed by atoms with van der Waals surface area (Å²) >= 11 is 0. The SMILES string of the molecule is CCCNC(N)=NCc1nnc2n1CCCC2. The Balaban J connectivity index is 1.97. The van der Waals surface area contributed by atoms with E-state index in [4.69, 9.17) is 5.73 Å². The first kappa shape index (κ1) is 11.9. The molecule has 0 spiro atoms. The summed E-state index contributed by atoms with van der Waals surface area (Å²) in [6.45, 7) is 4.47. The highest BCUT2D eigenvalue weighted by atomic mass is 15.3. The monoisotopic (exact) mass is 236 g/mol. The Morgan fingerprint density at radius 1 is 1.47 bits per heavy atom. The van der Waals surface area contributed by atoms with E-state index in [2.05, 4.69) is 32.0 Å². The van der Waals surface area contributed by atoms with Crippen molar-refractivity contribution in [1.82, 2.24) is 20.1 Å². The van der Waals surface area contributed by atoms with Gasteiger partial charge in [-0.2, -0.15) is 0 Å². The molecule has 0 saturated carbocycles. The lowest BCUT2D eigenvalue weighted by Gasteiger charge is -2.13. The summed E-state index contributed by atoms with van der Waals surface area (Å²) in [5, 5.41) is 11.4. The van der Waals surface area contributed by atoms with Crippen LogP contribution in [0.1, 0.15) is 37.8 Å². The van der Waals surface area contributed by atoms with Crippen molar-refractivity contribution in [2.75, 3.05) is 6.54 Å². The van der Waals surface area contributed by atoms with Crippen LogP contribution in [0.25, 0.3) is 0 Å². The topological polar surface area (TPSA) is 81.1 Å². The Kier molecular flexibility index (Phi) is 3.95. The molecule has 0 amide bonds. The molecule has 94 valence electrons. The van der Waals surface area contributed by atoms with E-state index in [9.17, 15) is 0 Å². The number of aromatic nitrogens is 3. The molecular weight excluding hydrogens is 216 g/mol. The third kappa shape index (κ3) is 2.95. The third-order valence-corrected chi connectivity index (χ3v) is 2.88. The summed E-state index contributed by atoms with van der Waals surface area (Å²) in [4.78, 5) is 4.27. The van der Waals surface area contributed by atoms with Crippen molar-refractivity contribution in [3.05, 3.63) is 11.6 Å². The maximum Gasteiger partial charge on any atom is 0.189 e. The Morgan fingerprint density at radius 3 is 3.18 bits per heavy atom. The van der Waals surface area contributed by atoms with E-state index >= 15 is 0 Å². The molecule has 1 aliphatic rings. The number of guanidine groups is 1. The lowest BCUT2D eigenvalue weighted by Crippen LogP contribution is -2.32. The summed E-state index contributed by atoms with van der Waals surface area (Å²) in [7, 11) is 0. The average Bonchev–Trinajstić information content (AvgIpc) is 2.77. The lowest BCUT2D eigenvalue weighted by molar-refractivity contribution is 0.508. The molecule has 1 aromatic heterocycles. The molecule has 6 nitrogen and oxygen atoms in total. The van der Waals surface area contributed by atoms with Crippen LogP contribution in [0.4, 0.5) is 0 Å². The van der Waals surface area contributed by atoms with E-state index in [1.54, 1.807) is 0 Å². The average molecular weight is 236 g/mol. The van der Waals surface area contributed by atoms with Gasteiger partial charge in [0.1, 0.15) is 12.4 Å². The number of rotatable bonds is 4. The van der Waals surface area contributed by atoms with Gasteiger partial charge in [-0.25, -0.2) is 4.99 Å². The second kappa shape index (κ2) is 5.65. The first-order valence-corrected chi connectivity index (χ1v) is 6.26. The molecule has 17 heavy (non-hydrogen) atoms. The van der Waals surface area contributed by atoms with E-state index < -0.39 is 0 Å². The smallest absolute Gasteiger partial charge is 0.189 e. The molecule has 0 bridgehead atoms. The van der Waals surface area contributed by atoms with Crippen LogP contribution in [0.15, 0.2) is 4.99 Å². The van der Waals surface area contributed by atoms with Crippen molar-refractivity contribution >= 4 is 5.96 Å². The van der Waals surface area contributed by atoms with Crippen LogP contribution in [-0.4, -0.2) is 27.3 Å². The number of nitrogens with zero attached hydrogens (tertiary/aromatic N) is 4. The van der Waals surface area contributed by atoms with Gasteiger partial charge in [0.15, 0.2) is 11.8 Å². The van der Waals surface area contributed by atoms with E-state index in [1.165, 1.54) is 12.8 Å². The van der Waals surface area contributed by atoms with Gasteiger partial charge >= 0.3 is 0 Å². The van der Waals surface area contributed by atoms with Gasteiger partial charge in [0.05, 0.1) is 0 Å².